The molecule has 0 fully saturated rings. The van der Waals surface area contributed by atoms with Crippen molar-refractivity contribution in [2.45, 2.75) is 6.10 Å². The van der Waals surface area contributed by atoms with Crippen LogP contribution in [0.2, 0.25) is 0 Å². The third-order valence-electron chi connectivity index (χ3n) is 2.34. The van der Waals surface area contributed by atoms with Gasteiger partial charge in [-0.05, 0) is 39.0 Å². The summed E-state index contributed by atoms with van der Waals surface area (Å²) in [6, 6.07) is 9.41. The Morgan fingerprint density at radius 2 is 2.12 bits per heavy atom. The summed E-state index contributed by atoms with van der Waals surface area (Å²) in [6.07, 6.45) is -0.640. The van der Waals surface area contributed by atoms with E-state index in [0.717, 1.165) is 14.9 Å². The normalized spacial score (nSPS) is 12.4. The maximum absolute atomic E-state index is 10.2. The van der Waals surface area contributed by atoms with Gasteiger partial charge in [-0.15, -0.1) is 11.3 Å². The number of aliphatic hydroxyl groups is 1. The molecule has 0 aliphatic rings. The zero-order valence-electron chi connectivity index (χ0n) is 8.68. The lowest BCUT2D eigenvalue weighted by atomic mass is 10.0. The van der Waals surface area contributed by atoms with Gasteiger partial charge in [0.25, 0.3) is 0 Å². The maximum atomic E-state index is 10.2. The van der Waals surface area contributed by atoms with Gasteiger partial charge in [0.15, 0.2) is 0 Å². The maximum Gasteiger partial charge on any atom is 0.125 e. The van der Waals surface area contributed by atoms with E-state index in [1.54, 1.807) is 18.4 Å². The van der Waals surface area contributed by atoms with Gasteiger partial charge < -0.3 is 9.84 Å². The Hall–Kier alpha value is -0.840. The third kappa shape index (κ3) is 2.29. The first kappa shape index (κ1) is 11.6. The first-order chi connectivity index (χ1) is 7.72. The molecule has 16 heavy (non-hydrogen) atoms. The van der Waals surface area contributed by atoms with Crippen LogP contribution in [0.5, 0.6) is 5.75 Å². The number of hydrogen-bond donors (Lipinski definition) is 1. The average Bonchev–Trinajstić information content (AvgIpc) is 2.75. The Morgan fingerprint density at radius 1 is 1.38 bits per heavy atom. The minimum Gasteiger partial charge on any atom is -0.496 e. The van der Waals surface area contributed by atoms with Gasteiger partial charge in [-0.2, -0.15) is 0 Å². The van der Waals surface area contributed by atoms with Crippen molar-refractivity contribution in [3.8, 4) is 5.75 Å². The highest BCUT2D eigenvalue weighted by Gasteiger charge is 2.15. The van der Waals surface area contributed by atoms with Gasteiger partial charge in [0.2, 0.25) is 0 Å². The topological polar surface area (TPSA) is 29.5 Å². The number of aliphatic hydroxyl groups excluding tert-OH is 1. The number of ether oxygens (including phenoxy) is 1. The van der Waals surface area contributed by atoms with Crippen LogP contribution in [-0.4, -0.2) is 12.2 Å². The highest BCUT2D eigenvalue weighted by molar-refractivity contribution is 9.11. The summed E-state index contributed by atoms with van der Waals surface area (Å²) in [7, 11) is 1.61. The minimum atomic E-state index is -0.640. The van der Waals surface area contributed by atoms with E-state index in [1.807, 2.05) is 35.7 Å². The molecule has 1 aromatic carbocycles. The van der Waals surface area contributed by atoms with E-state index in [2.05, 4.69) is 15.9 Å². The lowest BCUT2D eigenvalue weighted by Crippen LogP contribution is -2.00. The van der Waals surface area contributed by atoms with E-state index in [1.165, 1.54) is 0 Å². The molecule has 1 heterocycles. The second kappa shape index (κ2) is 4.99. The van der Waals surface area contributed by atoms with E-state index in [-0.39, 0.29) is 0 Å². The van der Waals surface area contributed by atoms with Crippen LogP contribution in [0, 0.1) is 0 Å². The van der Waals surface area contributed by atoms with Crippen LogP contribution in [0.15, 0.2) is 39.5 Å². The predicted molar refractivity (Wildman–Crippen MR) is 69.1 cm³/mol. The van der Waals surface area contributed by atoms with Gasteiger partial charge in [0.05, 0.1) is 10.9 Å². The summed E-state index contributed by atoms with van der Waals surface area (Å²) >= 11 is 4.94. The van der Waals surface area contributed by atoms with Crippen molar-refractivity contribution in [3.63, 3.8) is 0 Å². The number of para-hydroxylation sites is 1. The highest BCUT2D eigenvalue weighted by Crippen LogP contribution is 2.33. The predicted octanol–water partition coefficient (Wildman–Crippen LogP) is 3.60. The molecule has 2 aromatic rings. The molecule has 4 heteroatoms. The third-order valence-corrected chi connectivity index (χ3v) is 3.86. The van der Waals surface area contributed by atoms with E-state index >= 15 is 0 Å². The largest absolute Gasteiger partial charge is 0.496 e. The molecule has 1 atom stereocenters. The number of benzene rings is 1. The lowest BCUT2D eigenvalue weighted by Gasteiger charge is -2.13. The zero-order chi connectivity index (χ0) is 11.5. The Labute approximate surface area is 107 Å². The number of hydrogen-bond acceptors (Lipinski definition) is 3. The molecule has 1 unspecified atom stereocenters. The van der Waals surface area contributed by atoms with Crippen molar-refractivity contribution in [2.75, 3.05) is 7.11 Å². The Bertz CT molecular complexity index is 481. The standard InChI is InChI=1S/C12H11BrO2S/c1-15-10-5-3-2-4-9(10)12(14)8-6-11(13)16-7-8/h2-7,12,14H,1H3. The van der Waals surface area contributed by atoms with Gasteiger partial charge in [-0.1, -0.05) is 18.2 Å². The van der Waals surface area contributed by atoms with Gasteiger partial charge in [-0.25, -0.2) is 0 Å². The van der Waals surface area contributed by atoms with E-state index in [9.17, 15) is 5.11 Å². The highest BCUT2D eigenvalue weighted by atomic mass is 79.9. The van der Waals surface area contributed by atoms with Crippen molar-refractivity contribution in [1.82, 2.24) is 0 Å². The van der Waals surface area contributed by atoms with Crippen molar-refractivity contribution in [2.24, 2.45) is 0 Å². The van der Waals surface area contributed by atoms with E-state index in [4.69, 9.17) is 4.74 Å². The van der Waals surface area contributed by atoms with E-state index in [0.29, 0.717) is 5.75 Å². The van der Waals surface area contributed by atoms with Crippen LogP contribution >= 0.6 is 27.3 Å². The average molecular weight is 299 g/mol. The van der Waals surface area contributed by atoms with Crippen LogP contribution in [-0.2, 0) is 0 Å². The summed E-state index contributed by atoms with van der Waals surface area (Å²) < 4.78 is 6.24. The molecule has 0 aliphatic carbocycles. The van der Waals surface area contributed by atoms with Crippen LogP contribution < -0.4 is 4.74 Å². The number of thiophene rings is 1. The summed E-state index contributed by atoms with van der Waals surface area (Å²) in [5, 5.41) is 12.2. The zero-order valence-corrected chi connectivity index (χ0v) is 11.1. The molecule has 0 aliphatic heterocycles. The van der Waals surface area contributed by atoms with Crippen LogP contribution in [0.4, 0.5) is 0 Å². The van der Waals surface area contributed by atoms with Crippen molar-refractivity contribution in [3.05, 3.63) is 50.6 Å². The molecule has 0 spiro atoms. The summed E-state index contributed by atoms with van der Waals surface area (Å²) in [6.45, 7) is 0. The fourth-order valence-electron chi connectivity index (χ4n) is 1.54. The van der Waals surface area contributed by atoms with Crippen LogP contribution in [0.3, 0.4) is 0 Å². The SMILES string of the molecule is COc1ccccc1C(O)c1csc(Br)c1. The second-order valence-corrected chi connectivity index (χ2v) is 5.62. The number of rotatable bonds is 3. The molecule has 2 nitrogen and oxygen atoms in total. The smallest absolute Gasteiger partial charge is 0.125 e. The fraction of sp³-hybridized carbons (Fsp3) is 0.167. The van der Waals surface area contributed by atoms with Crippen LogP contribution in [0.1, 0.15) is 17.2 Å². The summed E-state index contributed by atoms with van der Waals surface area (Å²) in [5.41, 5.74) is 1.66. The molecule has 0 radical (unpaired) electrons. The summed E-state index contributed by atoms with van der Waals surface area (Å²) in [4.78, 5) is 0. The van der Waals surface area contributed by atoms with E-state index < -0.39 is 6.10 Å². The fourth-order valence-corrected chi connectivity index (χ4v) is 2.73. The van der Waals surface area contributed by atoms with Crippen molar-refractivity contribution >= 4 is 27.3 Å². The van der Waals surface area contributed by atoms with Gasteiger partial charge in [0, 0.05) is 5.56 Å². The molecule has 0 amide bonds. The molecule has 0 saturated carbocycles. The van der Waals surface area contributed by atoms with Gasteiger partial charge in [-0.3, -0.25) is 0 Å². The molecular weight excluding hydrogens is 288 g/mol. The molecule has 0 bridgehead atoms. The first-order valence-electron chi connectivity index (χ1n) is 4.77. The van der Waals surface area contributed by atoms with Crippen molar-refractivity contribution in [1.29, 1.82) is 0 Å². The first-order valence-corrected chi connectivity index (χ1v) is 6.44. The molecule has 2 rings (SSSR count). The minimum absolute atomic E-state index is 0.640. The number of halogens is 1. The quantitative estimate of drug-likeness (QED) is 0.938. The molecule has 1 N–H and O–H groups in total. The van der Waals surface area contributed by atoms with Crippen LogP contribution in [0.25, 0.3) is 0 Å². The second-order valence-electron chi connectivity index (χ2n) is 3.33. The molecule has 0 saturated heterocycles. The number of methoxy groups -OCH3 is 1. The Morgan fingerprint density at radius 3 is 2.75 bits per heavy atom. The molecule has 84 valence electrons. The summed E-state index contributed by atoms with van der Waals surface area (Å²) in [5.74, 6) is 0.706. The Balaban J connectivity index is 2.36. The molecule has 1 aromatic heterocycles. The Kier molecular flexibility index (Phi) is 3.63. The van der Waals surface area contributed by atoms with Crippen molar-refractivity contribution < 1.29 is 9.84 Å². The lowest BCUT2D eigenvalue weighted by molar-refractivity contribution is 0.215. The molecular formula is C12H11BrO2S. The van der Waals surface area contributed by atoms with Gasteiger partial charge in [0.1, 0.15) is 11.9 Å². The monoisotopic (exact) mass is 298 g/mol. The van der Waals surface area contributed by atoms with Gasteiger partial charge >= 0.3 is 0 Å².